The number of aliphatic hydroxyl groups excluding tert-OH is 1. The number of ether oxygens (including phenoxy) is 1. The number of aryl methyl sites for hydroxylation is 1. The van der Waals surface area contributed by atoms with Gasteiger partial charge < -0.3 is 9.84 Å². The Morgan fingerprint density at radius 2 is 2.04 bits per heavy atom. The van der Waals surface area contributed by atoms with Gasteiger partial charge in [0.2, 0.25) is 0 Å². The van der Waals surface area contributed by atoms with Crippen molar-refractivity contribution in [2.24, 2.45) is 0 Å². The van der Waals surface area contributed by atoms with E-state index in [4.69, 9.17) is 9.84 Å². The lowest BCUT2D eigenvalue weighted by atomic mass is 10.2. The van der Waals surface area contributed by atoms with Gasteiger partial charge in [0.1, 0.15) is 5.75 Å². The molecule has 0 radical (unpaired) electrons. The second-order valence-electron chi connectivity index (χ2n) is 5.96. The van der Waals surface area contributed by atoms with E-state index < -0.39 is 0 Å². The summed E-state index contributed by atoms with van der Waals surface area (Å²) in [7, 11) is 0. The van der Waals surface area contributed by atoms with Gasteiger partial charge in [-0.2, -0.15) is 0 Å². The minimum absolute atomic E-state index is 0.0415. The Hall–Kier alpha value is -2.31. The highest BCUT2D eigenvalue weighted by Crippen LogP contribution is 2.19. The molecule has 136 valence electrons. The SMILES string of the molecule is Cc1cccc(OCCSc2nc3ccccc3c(=O)n2CCCO)c1. The largest absolute Gasteiger partial charge is 0.493 e. The van der Waals surface area contributed by atoms with Gasteiger partial charge in [0.25, 0.3) is 5.56 Å². The van der Waals surface area contributed by atoms with Crippen molar-refractivity contribution in [3.8, 4) is 5.75 Å². The van der Waals surface area contributed by atoms with Gasteiger partial charge in [0.15, 0.2) is 5.16 Å². The van der Waals surface area contributed by atoms with Crippen LogP contribution in [-0.4, -0.2) is 33.6 Å². The molecule has 0 atom stereocenters. The van der Waals surface area contributed by atoms with Gasteiger partial charge >= 0.3 is 0 Å². The maximum absolute atomic E-state index is 12.7. The molecule has 3 aromatic rings. The van der Waals surface area contributed by atoms with Crippen LogP contribution >= 0.6 is 11.8 Å². The molecular formula is C20H22N2O3S. The molecule has 0 spiro atoms. The third-order valence-corrected chi connectivity index (χ3v) is 4.88. The Bertz CT molecular complexity index is 940. The zero-order valence-electron chi connectivity index (χ0n) is 14.7. The molecule has 3 rings (SSSR count). The van der Waals surface area contributed by atoms with E-state index in [2.05, 4.69) is 4.98 Å². The Morgan fingerprint density at radius 1 is 1.19 bits per heavy atom. The van der Waals surface area contributed by atoms with Gasteiger partial charge in [-0.1, -0.05) is 36.0 Å². The number of hydrogen-bond acceptors (Lipinski definition) is 5. The first-order valence-electron chi connectivity index (χ1n) is 8.62. The van der Waals surface area contributed by atoms with Gasteiger partial charge in [0, 0.05) is 18.9 Å². The highest BCUT2D eigenvalue weighted by molar-refractivity contribution is 7.99. The molecule has 0 aliphatic heterocycles. The van der Waals surface area contributed by atoms with Crippen molar-refractivity contribution >= 4 is 22.7 Å². The average Bonchev–Trinajstić information content (AvgIpc) is 2.65. The fourth-order valence-corrected chi connectivity index (χ4v) is 3.52. The predicted molar refractivity (Wildman–Crippen MR) is 105 cm³/mol. The third-order valence-electron chi connectivity index (χ3n) is 3.94. The number of rotatable bonds is 8. The van der Waals surface area contributed by atoms with Crippen LogP contribution in [0.3, 0.4) is 0 Å². The molecule has 0 saturated heterocycles. The summed E-state index contributed by atoms with van der Waals surface area (Å²) >= 11 is 1.50. The number of nitrogens with zero attached hydrogens (tertiary/aromatic N) is 2. The topological polar surface area (TPSA) is 64.3 Å². The summed E-state index contributed by atoms with van der Waals surface area (Å²) in [6.07, 6.45) is 0.521. The summed E-state index contributed by atoms with van der Waals surface area (Å²) in [5.74, 6) is 1.52. The highest BCUT2D eigenvalue weighted by atomic mass is 32.2. The molecule has 0 unspecified atom stereocenters. The summed E-state index contributed by atoms with van der Waals surface area (Å²) < 4.78 is 7.42. The number of para-hydroxylation sites is 1. The zero-order valence-corrected chi connectivity index (χ0v) is 15.5. The molecule has 1 N–H and O–H groups in total. The minimum atomic E-state index is -0.0637. The van der Waals surface area contributed by atoms with Crippen LogP contribution in [0.4, 0.5) is 0 Å². The quantitative estimate of drug-likeness (QED) is 0.375. The average molecular weight is 370 g/mol. The second kappa shape index (κ2) is 8.87. The summed E-state index contributed by atoms with van der Waals surface area (Å²) in [6.45, 7) is 3.05. The first-order chi connectivity index (χ1) is 12.7. The van der Waals surface area contributed by atoms with Gasteiger partial charge in [-0.25, -0.2) is 4.98 Å². The lowest BCUT2D eigenvalue weighted by molar-refractivity contribution is 0.276. The van der Waals surface area contributed by atoms with Gasteiger partial charge in [-0.05, 0) is 43.2 Å². The first kappa shape index (κ1) is 18.5. The number of aliphatic hydroxyl groups is 1. The molecule has 2 aromatic carbocycles. The molecule has 6 heteroatoms. The van der Waals surface area contributed by atoms with E-state index in [0.717, 1.165) is 11.3 Å². The number of fused-ring (bicyclic) bond motifs is 1. The maximum Gasteiger partial charge on any atom is 0.262 e. The van der Waals surface area contributed by atoms with Crippen LogP contribution in [-0.2, 0) is 6.54 Å². The second-order valence-corrected chi connectivity index (χ2v) is 7.02. The van der Waals surface area contributed by atoms with Crippen molar-refractivity contribution in [3.63, 3.8) is 0 Å². The summed E-state index contributed by atoms with van der Waals surface area (Å²) in [6, 6.07) is 15.3. The smallest absolute Gasteiger partial charge is 0.262 e. The Labute approximate surface area is 156 Å². The molecule has 5 nitrogen and oxygen atoms in total. The third kappa shape index (κ3) is 4.45. The van der Waals surface area contributed by atoms with E-state index >= 15 is 0 Å². The van der Waals surface area contributed by atoms with E-state index in [1.54, 1.807) is 10.6 Å². The van der Waals surface area contributed by atoms with Crippen LogP contribution in [0, 0.1) is 6.92 Å². The van der Waals surface area contributed by atoms with Gasteiger partial charge in [0.05, 0.1) is 17.5 Å². The molecule has 26 heavy (non-hydrogen) atoms. The summed E-state index contributed by atoms with van der Waals surface area (Å²) in [4.78, 5) is 17.4. The van der Waals surface area contributed by atoms with Crippen molar-refractivity contribution in [1.29, 1.82) is 0 Å². The standard InChI is InChI=1S/C20H22N2O3S/c1-15-6-4-7-16(14-15)25-12-13-26-20-21-18-9-3-2-8-17(18)19(24)22(20)10-5-11-23/h2-4,6-9,14,23H,5,10-13H2,1H3. The fourth-order valence-electron chi connectivity index (χ4n) is 2.68. The maximum atomic E-state index is 12.7. The van der Waals surface area contributed by atoms with E-state index in [-0.39, 0.29) is 12.2 Å². The van der Waals surface area contributed by atoms with Crippen LogP contribution < -0.4 is 10.3 Å². The van der Waals surface area contributed by atoms with Crippen LogP contribution in [0.15, 0.2) is 58.5 Å². The number of hydrogen-bond donors (Lipinski definition) is 1. The normalized spacial score (nSPS) is 11.0. The van der Waals surface area contributed by atoms with Gasteiger partial charge in [-0.15, -0.1) is 0 Å². The van der Waals surface area contributed by atoms with Crippen molar-refractivity contribution in [2.75, 3.05) is 19.0 Å². The molecule has 0 aliphatic rings. The van der Waals surface area contributed by atoms with E-state index in [0.29, 0.717) is 41.4 Å². The van der Waals surface area contributed by atoms with E-state index in [1.165, 1.54) is 11.8 Å². The summed E-state index contributed by atoms with van der Waals surface area (Å²) in [5.41, 5.74) is 1.79. The van der Waals surface area contributed by atoms with Crippen LogP contribution in [0.2, 0.25) is 0 Å². The number of aromatic nitrogens is 2. The van der Waals surface area contributed by atoms with E-state index in [9.17, 15) is 4.79 Å². The molecule has 0 aliphatic carbocycles. The van der Waals surface area contributed by atoms with E-state index in [1.807, 2.05) is 49.4 Å². The molecule has 0 amide bonds. The Balaban J connectivity index is 1.74. The minimum Gasteiger partial charge on any atom is -0.493 e. The Morgan fingerprint density at radius 3 is 2.85 bits per heavy atom. The van der Waals surface area contributed by atoms with Crippen LogP contribution in [0.5, 0.6) is 5.75 Å². The number of benzene rings is 2. The molecular weight excluding hydrogens is 348 g/mol. The predicted octanol–water partition coefficient (Wildman–Crippen LogP) is 3.26. The molecule has 1 heterocycles. The fraction of sp³-hybridized carbons (Fsp3) is 0.300. The lowest BCUT2D eigenvalue weighted by Gasteiger charge is -2.13. The first-order valence-corrected chi connectivity index (χ1v) is 9.60. The molecule has 0 fully saturated rings. The molecule has 0 bridgehead atoms. The van der Waals surface area contributed by atoms with Crippen molar-refractivity contribution < 1.29 is 9.84 Å². The van der Waals surface area contributed by atoms with Crippen molar-refractivity contribution in [3.05, 3.63) is 64.4 Å². The highest BCUT2D eigenvalue weighted by Gasteiger charge is 2.11. The number of thioether (sulfide) groups is 1. The Kier molecular flexibility index (Phi) is 6.30. The molecule has 0 saturated carbocycles. The monoisotopic (exact) mass is 370 g/mol. The van der Waals surface area contributed by atoms with Crippen LogP contribution in [0.1, 0.15) is 12.0 Å². The van der Waals surface area contributed by atoms with Crippen LogP contribution in [0.25, 0.3) is 10.9 Å². The van der Waals surface area contributed by atoms with Crippen molar-refractivity contribution in [2.45, 2.75) is 25.0 Å². The lowest BCUT2D eigenvalue weighted by Crippen LogP contribution is -2.24. The zero-order chi connectivity index (χ0) is 18.4. The van der Waals surface area contributed by atoms with Crippen molar-refractivity contribution in [1.82, 2.24) is 9.55 Å². The molecule has 1 aromatic heterocycles. The summed E-state index contributed by atoms with van der Waals surface area (Å²) in [5, 5.41) is 10.4. The van der Waals surface area contributed by atoms with Gasteiger partial charge in [-0.3, -0.25) is 9.36 Å².